The highest BCUT2D eigenvalue weighted by Crippen LogP contribution is 2.42. The number of benzene rings is 1. The fourth-order valence-corrected chi connectivity index (χ4v) is 3.41. The average Bonchev–Trinajstić information content (AvgIpc) is 2.67. The molecule has 0 saturated carbocycles. The SMILES string of the molecule is CCN1C(N)=NCC12CCCc1ccccc12. The van der Waals surface area contributed by atoms with Gasteiger partial charge in [0, 0.05) is 6.54 Å². The third-order valence-corrected chi connectivity index (χ3v) is 4.17. The molecule has 1 heterocycles. The number of nitrogens with zero attached hydrogens (tertiary/aromatic N) is 2. The van der Waals surface area contributed by atoms with E-state index in [1.54, 1.807) is 0 Å². The van der Waals surface area contributed by atoms with Gasteiger partial charge in [-0.1, -0.05) is 24.3 Å². The summed E-state index contributed by atoms with van der Waals surface area (Å²) in [6.45, 7) is 3.92. The van der Waals surface area contributed by atoms with Crippen molar-refractivity contribution in [1.82, 2.24) is 4.90 Å². The van der Waals surface area contributed by atoms with Gasteiger partial charge in [-0.25, -0.2) is 0 Å². The highest BCUT2D eigenvalue weighted by Gasteiger charge is 2.45. The van der Waals surface area contributed by atoms with Gasteiger partial charge in [-0.2, -0.15) is 0 Å². The van der Waals surface area contributed by atoms with E-state index in [1.807, 2.05) is 0 Å². The van der Waals surface area contributed by atoms with Crippen molar-refractivity contribution in [1.29, 1.82) is 0 Å². The molecule has 1 unspecified atom stereocenters. The first-order valence-corrected chi connectivity index (χ1v) is 6.44. The summed E-state index contributed by atoms with van der Waals surface area (Å²) in [5.41, 5.74) is 8.99. The van der Waals surface area contributed by atoms with E-state index >= 15 is 0 Å². The highest BCUT2D eigenvalue weighted by atomic mass is 15.4. The quantitative estimate of drug-likeness (QED) is 0.798. The van der Waals surface area contributed by atoms with Gasteiger partial charge in [-0.15, -0.1) is 0 Å². The number of nitrogens with two attached hydrogens (primary N) is 1. The maximum absolute atomic E-state index is 6.03. The van der Waals surface area contributed by atoms with E-state index in [0.717, 1.165) is 13.1 Å². The van der Waals surface area contributed by atoms with Gasteiger partial charge in [0.15, 0.2) is 5.96 Å². The number of guanidine groups is 1. The third kappa shape index (κ3) is 1.38. The van der Waals surface area contributed by atoms with Crippen molar-refractivity contribution >= 4 is 5.96 Å². The predicted molar refractivity (Wildman–Crippen MR) is 69.9 cm³/mol. The van der Waals surface area contributed by atoms with Crippen LogP contribution in [0.4, 0.5) is 0 Å². The summed E-state index contributed by atoms with van der Waals surface area (Å²) in [5, 5.41) is 0. The van der Waals surface area contributed by atoms with Crippen LogP contribution in [-0.4, -0.2) is 23.9 Å². The van der Waals surface area contributed by atoms with Gasteiger partial charge in [-0.05, 0) is 37.3 Å². The van der Waals surface area contributed by atoms with Crippen molar-refractivity contribution in [3.8, 4) is 0 Å². The van der Waals surface area contributed by atoms with E-state index < -0.39 is 0 Å². The number of rotatable bonds is 1. The van der Waals surface area contributed by atoms with Crippen LogP contribution in [0.15, 0.2) is 29.3 Å². The van der Waals surface area contributed by atoms with E-state index in [0.29, 0.717) is 5.96 Å². The molecule has 0 fully saturated rings. The Labute approximate surface area is 102 Å². The van der Waals surface area contributed by atoms with Crippen LogP contribution in [0, 0.1) is 0 Å². The Bertz CT molecular complexity index is 466. The first kappa shape index (κ1) is 10.6. The third-order valence-electron chi connectivity index (χ3n) is 4.17. The Morgan fingerprint density at radius 2 is 2.24 bits per heavy atom. The van der Waals surface area contributed by atoms with Gasteiger partial charge in [-0.3, -0.25) is 4.99 Å². The minimum atomic E-state index is 0.0493. The van der Waals surface area contributed by atoms with Gasteiger partial charge in [0.2, 0.25) is 0 Å². The maximum atomic E-state index is 6.03. The number of aliphatic imine (C=N–C) groups is 1. The molecule has 1 aliphatic carbocycles. The van der Waals surface area contributed by atoms with Crippen LogP contribution >= 0.6 is 0 Å². The first-order chi connectivity index (χ1) is 8.28. The average molecular weight is 229 g/mol. The smallest absolute Gasteiger partial charge is 0.192 e. The van der Waals surface area contributed by atoms with E-state index in [-0.39, 0.29) is 5.54 Å². The molecule has 1 atom stereocenters. The van der Waals surface area contributed by atoms with E-state index in [4.69, 9.17) is 5.73 Å². The molecule has 3 rings (SSSR count). The molecule has 0 aromatic heterocycles. The topological polar surface area (TPSA) is 41.6 Å². The Balaban J connectivity index is 2.11. The molecule has 1 aromatic rings. The first-order valence-electron chi connectivity index (χ1n) is 6.44. The summed E-state index contributed by atoms with van der Waals surface area (Å²) in [5.74, 6) is 0.712. The van der Waals surface area contributed by atoms with Crippen LogP contribution in [0.3, 0.4) is 0 Å². The second-order valence-corrected chi connectivity index (χ2v) is 4.96. The molecule has 90 valence electrons. The molecule has 3 nitrogen and oxygen atoms in total. The Kier molecular flexibility index (Phi) is 2.35. The normalized spacial score (nSPS) is 27.1. The predicted octanol–water partition coefficient (Wildman–Crippen LogP) is 1.87. The number of aryl methyl sites for hydroxylation is 1. The van der Waals surface area contributed by atoms with Gasteiger partial charge < -0.3 is 10.6 Å². The second kappa shape index (κ2) is 3.76. The Morgan fingerprint density at radius 1 is 1.41 bits per heavy atom. The highest BCUT2D eigenvalue weighted by molar-refractivity contribution is 5.81. The number of likely N-dealkylation sites (N-methyl/N-ethyl adjacent to an activating group) is 1. The minimum Gasteiger partial charge on any atom is -0.370 e. The summed E-state index contributed by atoms with van der Waals surface area (Å²) in [4.78, 5) is 6.77. The fourth-order valence-electron chi connectivity index (χ4n) is 3.41. The lowest BCUT2D eigenvalue weighted by Gasteiger charge is -2.43. The molecule has 2 N–H and O–H groups in total. The molecule has 1 spiro atoms. The van der Waals surface area contributed by atoms with Gasteiger partial charge in [0.25, 0.3) is 0 Å². The van der Waals surface area contributed by atoms with E-state index in [9.17, 15) is 0 Å². The van der Waals surface area contributed by atoms with Crippen molar-refractivity contribution in [2.45, 2.75) is 31.7 Å². The lowest BCUT2D eigenvalue weighted by atomic mass is 9.76. The summed E-state index contributed by atoms with van der Waals surface area (Å²) >= 11 is 0. The Hall–Kier alpha value is -1.51. The van der Waals surface area contributed by atoms with Gasteiger partial charge in [0.05, 0.1) is 12.1 Å². The summed E-state index contributed by atoms with van der Waals surface area (Å²) in [6, 6.07) is 8.77. The molecule has 1 aromatic carbocycles. The number of fused-ring (bicyclic) bond motifs is 2. The summed E-state index contributed by atoms with van der Waals surface area (Å²) in [7, 11) is 0. The zero-order valence-corrected chi connectivity index (χ0v) is 10.3. The van der Waals surface area contributed by atoms with Crippen molar-refractivity contribution in [3.05, 3.63) is 35.4 Å². The van der Waals surface area contributed by atoms with Crippen LogP contribution < -0.4 is 5.73 Å². The molecule has 0 bridgehead atoms. The molecule has 3 heteroatoms. The van der Waals surface area contributed by atoms with Crippen LogP contribution in [0.5, 0.6) is 0 Å². The molecular weight excluding hydrogens is 210 g/mol. The largest absolute Gasteiger partial charge is 0.370 e. The fraction of sp³-hybridized carbons (Fsp3) is 0.500. The molecule has 0 amide bonds. The molecule has 2 aliphatic rings. The van der Waals surface area contributed by atoms with E-state index in [1.165, 1.54) is 30.4 Å². The molecular formula is C14H19N3. The van der Waals surface area contributed by atoms with Crippen LogP contribution in [0.25, 0.3) is 0 Å². The molecule has 0 radical (unpaired) electrons. The number of hydrogen-bond donors (Lipinski definition) is 1. The lowest BCUT2D eigenvalue weighted by molar-refractivity contribution is 0.179. The van der Waals surface area contributed by atoms with Crippen molar-refractivity contribution in [2.24, 2.45) is 10.7 Å². The molecule has 1 aliphatic heterocycles. The van der Waals surface area contributed by atoms with Crippen molar-refractivity contribution < 1.29 is 0 Å². The monoisotopic (exact) mass is 229 g/mol. The Morgan fingerprint density at radius 3 is 3.06 bits per heavy atom. The molecule has 17 heavy (non-hydrogen) atoms. The number of hydrogen-bond acceptors (Lipinski definition) is 3. The molecule has 0 saturated heterocycles. The lowest BCUT2D eigenvalue weighted by Crippen LogP contribution is -2.50. The summed E-state index contributed by atoms with van der Waals surface area (Å²) in [6.07, 6.45) is 3.59. The van der Waals surface area contributed by atoms with Gasteiger partial charge >= 0.3 is 0 Å². The maximum Gasteiger partial charge on any atom is 0.192 e. The van der Waals surface area contributed by atoms with E-state index in [2.05, 4.69) is 41.1 Å². The zero-order chi connectivity index (χ0) is 11.9. The minimum absolute atomic E-state index is 0.0493. The van der Waals surface area contributed by atoms with Gasteiger partial charge in [0.1, 0.15) is 0 Å². The standard InChI is InChI=1S/C14H19N3/c1-2-17-13(15)16-10-14(17)9-5-7-11-6-3-4-8-12(11)14/h3-4,6,8H,2,5,7,9-10H2,1H3,(H2,15,16). The zero-order valence-electron chi connectivity index (χ0n) is 10.3. The van der Waals surface area contributed by atoms with Crippen molar-refractivity contribution in [3.63, 3.8) is 0 Å². The summed E-state index contributed by atoms with van der Waals surface area (Å²) < 4.78 is 0. The van der Waals surface area contributed by atoms with Crippen molar-refractivity contribution in [2.75, 3.05) is 13.1 Å². The van der Waals surface area contributed by atoms with Crippen LogP contribution in [0.1, 0.15) is 30.9 Å². The van der Waals surface area contributed by atoms with Crippen LogP contribution in [-0.2, 0) is 12.0 Å². The second-order valence-electron chi connectivity index (χ2n) is 4.96. The van der Waals surface area contributed by atoms with Crippen LogP contribution in [0.2, 0.25) is 0 Å².